The van der Waals surface area contributed by atoms with Gasteiger partial charge in [-0.1, -0.05) is 6.07 Å². The molecular formula is C28H35NO8. The molecule has 1 atom stereocenters. The fraction of sp³-hybridized carbons (Fsp3) is 0.429. The van der Waals surface area contributed by atoms with Crippen molar-refractivity contribution in [2.24, 2.45) is 0 Å². The number of rotatable bonds is 12. The van der Waals surface area contributed by atoms with E-state index in [0.717, 1.165) is 0 Å². The minimum Gasteiger partial charge on any atom is -0.507 e. The fourth-order valence-electron chi connectivity index (χ4n) is 4.29. The molecule has 9 nitrogen and oxygen atoms in total. The molecule has 200 valence electrons. The average Bonchev–Trinajstić information content (AvgIpc) is 3.15. The third-order valence-electron chi connectivity index (χ3n) is 6.00. The van der Waals surface area contributed by atoms with Crippen molar-refractivity contribution >= 4 is 17.4 Å². The van der Waals surface area contributed by atoms with Crippen LogP contribution in [0, 0.1) is 0 Å². The molecular weight excluding hydrogens is 478 g/mol. The van der Waals surface area contributed by atoms with Crippen molar-refractivity contribution in [2.75, 3.05) is 41.1 Å². The molecule has 9 heteroatoms. The van der Waals surface area contributed by atoms with Gasteiger partial charge in [0, 0.05) is 13.2 Å². The van der Waals surface area contributed by atoms with Gasteiger partial charge in [0.05, 0.1) is 51.2 Å². The Morgan fingerprint density at radius 1 is 0.973 bits per heavy atom. The van der Waals surface area contributed by atoms with Gasteiger partial charge in [-0.05, 0) is 63.1 Å². The molecule has 37 heavy (non-hydrogen) atoms. The van der Waals surface area contributed by atoms with Crippen molar-refractivity contribution in [3.05, 3.63) is 53.1 Å². The van der Waals surface area contributed by atoms with E-state index in [2.05, 4.69) is 0 Å². The number of amides is 1. The van der Waals surface area contributed by atoms with Gasteiger partial charge in [-0.2, -0.15) is 0 Å². The number of methoxy groups -OCH3 is 3. The lowest BCUT2D eigenvalue weighted by Gasteiger charge is -2.26. The first kappa shape index (κ1) is 27.9. The summed E-state index contributed by atoms with van der Waals surface area (Å²) in [5.41, 5.74) is 0.789. The lowest BCUT2D eigenvalue weighted by Crippen LogP contribution is -2.31. The van der Waals surface area contributed by atoms with Crippen molar-refractivity contribution < 1.29 is 38.4 Å². The summed E-state index contributed by atoms with van der Waals surface area (Å²) in [5.74, 6) is -0.0654. The van der Waals surface area contributed by atoms with Crippen molar-refractivity contribution in [1.82, 2.24) is 4.90 Å². The van der Waals surface area contributed by atoms with Crippen LogP contribution >= 0.6 is 0 Å². The average molecular weight is 514 g/mol. The van der Waals surface area contributed by atoms with Gasteiger partial charge in [0.2, 0.25) is 0 Å². The van der Waals surface area contributed by atoms with Crippen LogP contribution in [-0.2, 0) is 14.3 Å². The molecule has 0 radical (unpaired) electrons. The predicted molar refractivity (Wildman–Crippen MR) is 138 cm³/mol. The standard InChI is InChI=1S/C28H35NO8/c1-7-36-23-15-18(9-11-22(23)35-6)25-24(26(30)20-16-19(33-4)10-12-21(20)34-5)27(31)28(32)29(25)13-8-14-37-17(2)3/h9-12,15-17,25,30H,7-8,13-14H2,1-6H3/b26-24+. The summed E-state index contributed by atoms with van der Waals surface area (Å²) < 4.78 is 27.5. The summed E-state index contributed by atoms with van der Waals surface area (Å²) in [6.07, 6.45) is 0.556. The second-order valence-corrected chi connectivity index (χ2v) is 8.68. The van der Waals surface area contributed by atoms with Crippen molar-refractivity contribution in [3.63, 3.8) is 0 Å². The number of ketones is 1. The van der Waals surface area contributed by atoms with Gasteiger partial charge in [-0.15, -0.1) is 0 Å². The van der Waals surface area contributed by atoms with Gasteiger partial charge in [0.1, 0.15) is 17.3 Å². The molecule has 1 aliphatic heterocycles. The fourth-order valence-corrected chi connectivity index (χ4v) is 4.29. The van der Waals surface area contributed by atoms with E-state index in [1.165, 1.54) is 26.2 Å². The zero-order chi connectivity index (χ0) is 27.1. The highest BCUT2D eigenvalue weighted by Crippen LogP contribution is 2.43. The molecule has 0 aliphatic carbocycles. The number of aliphatic hydroxyl groups excluding tert-OH is 1. The van der Waals surface area contributed by atoms with Crippen LogP contribution in [0.3, 0.4) is 0 Å². The van der Waals surface area contributed by atoms with E-state index in [4.69, 9.17) is 23.7 Å². The first-order valence-corrected chi connectivity index (χ1v) is 12.2. The number of hydrogen-bond acceptors (Lipinski definition) is 8. The molecule has 0 aromatic heterocycles. The third kappa shape index (κ3) is 5.99. The molecule has 0 spiro atoms. The van der Waals surface area contributed by atoms with Crippen molar-refractivity contribution in [1.29, 1.82) is 0 Å². The number of benzene rings is 2. The number of Topliss-reactive ketones (excluding diaryl/α,β-unsaturated/α-hetero) is 1. The summed E-state index contributed by atoms with van der Waals surface area (Å²) in [6.45, 7) is 6.78. The number of likely N-dealkylation sites (tertiary alicyclic amines) is 1. The molecule has 1 saturated heterocycles. The van der Waals surface area contributed by atoms with Crippen LogP contribution in [-0.4, -0.2) is 68.9 Å². The second kappa shape index (κ2) is 12.5. The van der Waals surface area contributed by atoms with E-state index in [1.807, 2.05) is 20.8 Å². The van der Waals surface area contributed by atoms with Gasteiger partial charge in [-0.25, -0.2) is 0 Å². The van der Waals surface area contributed by atoms with Crippen LogP contribution in [0.2, 0.25) is 0 Å². The second-order valence-electron chi connectivity index (χ2n) is 8.68. The highest BCUT2D eigenvalue weighted by atomic mass is 16.5. The Morgan fingerprint density at radius 2 is 1.68 bits per heavy atom. The van der Waals surface area contributed by atoms with Crippen LogP contribution in [0.15, 0.2) is 42.0 Å². The Labute approximate surface area is 217 Å². The largest absolute Gasteiger partial charge is 0.507 e. The maximum absolute atomic E-state index is 13.4. The number of carbonyl (C=O) groups excluding carboxylic acids is 2. The number of carbonyl (C=O) groups is 2. The van der Waals surface area contributed by atoms with E-state index in [0.29, 0.717) is 48.2 Å². The maximum atomic E-state index is 13.4. The number of hydrogen-bond donors (Lipinski definition) is 1. The Balaban J connectivity index is 2.18. The van der Waals surface area contributed by atoms with E-state index in [9.17, 15) is 14.7 Å². The minimum absolute atomic E-state index is 0.0436. The third-order valence-corrected chi connectivity index (χ3v) is 6.00. The first-order valence-electron chi connectivity index (χ1n) is 12.2. The van der Waals surface area contributed by atoms with E-state index >= 15 is 0 Å². The summed E-state index contributed by atoms with van der Waals surface area (Å²) in [6, 6.07) is 9.21. The zero-order valence-corrected chi connectivity index (χ0v) is 22.2. The lowest BCUT2D eigenvalue weighted by atomic mass is 9.94. The van der Waals surface area contributed by atoms with E-state index in [1.54, 1.807) is 36.4 Å². The molecule has 3 rings (SSSR count). The van der Waals surface area contributed by atoms with Gasteiger partial charge in [-0.3, -0.25) is 9.59 Å². The Bertz CT molecular complexity index is 1160. The molecule has 0 saturated carbocycles. The highest BCUT2D eigenvalue weighted by molar-refractivity contribution is 6.46. The van der Waals surface area contributed by atoms with Crippen molar-refractivity contribution in [3.8, 4) is 23.0 Å². The van der Waals surface area contributed by atoms with Crippen LogP contribution in [0.25, 0.3) is 5.76 Å². The van der Waals surface area contributed by atoms with Gasteiger partial charge < -0.3 is 33.7 Å². The summed E-state index contributed by atoms with van der Waals surface area (Å²) >= 11 is 0. The van der Waals surface area contributed by atoms with Gasteiger partial charge in [0.15, 0.2) is 11.5 Å². The smallest absolute Gasteiger partial charge is 0.295 e. The Kier molecular flexibility index (Phi) is 9.41. The van der Waals surface area contributed by atoms with Crippen LogP contribution < -0.4 is 18.9 Å². The number of nitrogens with zero attached hydrogens (tertiary/aromatic N) is 1. The summed E-state index contributed by atoms with van der Waals surface area (Å²) in [4.78, 5) is 28.1. The molecule has 1 unspecified atom stereocenters. The lowest BCUT2D eigenvalue weighted by molar-refractivity contribution is -0.140. The van der Waals surface area contributed by atoms with E-state index in [-0.39, 0.29) is 29.5 Å². The highest BCUT2D eigenvalue weighted by Gasteiger charge is 2.46. The molecule has 1 heterocycles. The monoisotopic (exact) mass is 513 g/mol. The summed E-state index contributed by atoms with van der Waals surface area (Å²) in [7, 11) is 4.49. The van der Waals surface area contributed by atoms with Crippen LogP contribution in [0.5, 0.6) is 23.0 Å². The number of aliphatic hydroxyl groups is 1. The Hall–Kier alpha value is -3.72. The predicted octanol–water partition coefficient (Wildman–Crippen LogP) is 4.35. The molecule has 1 N–H and O–H groups in total. The SMILES string of the molecule is CCOc1cc(C2/C(=C(\O)c3cc(OC)ccc3OC)C(=O)C(=O)N2CCCOC(C)C)ccc1OC. The molecule has 2 aromatic rings. The summed E-state index contributed by atoms with van der Waals surface area (Å²) in [5, 5.41) is 11.5. The van der Waals surface area contributed by atoms with Crippen LogP contribution in [0.4, 0.5) is 0 Å². The molecule has 0 bridgehead atoms. The van der Waals surface area contributed by atoms with Crippen LogP contribution in [0.1, 0.15) is 44.4 Å². The normalized spacial score (nSPS) is 16.8. The number of ether oxygens (including phenoxy) is 5. The Morgan fingerprint density at radius 3 is 2.30 bits per heavy atom. The first-order chi connectivity index (χ1) is 17.8. The topological polar surface area (TPSA) is 104 Å². The maximum Gasteiger partial charge on any atom is 0.295 e. The molecule has 2 aromatic carbocycles. The molecule has 1 aliphatic rings. The van der Waals surface area contributed by atoms with Gasteiger partial charge in [0.25, 0.3) is 11.7 Å². The van der Waals surface area contributed by atoms with Gasteiger partial charge >= 0.3 is 0 Å². The minimum atomic E-state index is -0.861. The molecule has 1 fully saturated rings. The quantitative estimate of drug-likeness (QED) is 0.193. The van der Waals surface area contributed by atoms with E-state index < -0.39 is 17.7 Å². The zero-order valence-electron chi connectivity index (χ0n) is 22.2. The molecule has 1 amide bonds. The van der Waals surface area contributed by atoms with Crippen molar-refractivity contribution in [2.45, 2.75) is 39.3 Å².